The highest BCUT2D eigenvalue weighted by Crippen LogP contribution is 2.25. The van der Waals surface area contributed by atoms with E-state index in [0.717, 1.165) is 13.1 Å². The van der Waals surface area contributed by atoms with Crippen molar-refractivity contribution >= 4 is 15.9 Å². The van der Waals surface area contributed by atoms with Gasteiger partial charge >= 0.3 is 0 Å². The lowest BCUT2D eigenvalue weighted by molar-refractivity contribution is -0.126. The number of amides is 1. The Balaban J connectivity index is 1.57. The van der Waals surface area contributed by atoms with E-state index in [2.05, 4.69) is 20.9 Å². The summed E-state index contributed by atoms with van der Waals surface area (Å²) in [4.78, 5) is 15.1. The topological polar surface area (TPSA) is 74.6 Å². The predicted octanol–water partition coefficient (Wildman–Crippen LogP) is 0.950. The van der Waals surface area contributed by atoms with E-state index in [4.69, 9.17) is 0 Å². The van der Waals surface area contributed by atoms with Gasteiger partial charge in [0.1, 0.15) is 0 Å². The molecule has 0 spiro atoms. The third-order valence-electron chi connectivity index (χ3n) is 5.67. The SMILES string of the molecule is Cn1cccc1[C@H](CNC(=O)C1CCN(S(C)(=O)=O)CC1)N1CCCC1. The van der Waals surface area contributed by atoms with E-state index >= 15 is 0 Å². The molecule has 0 aromatic carbocycles. The van der Waals surface area contributed by atoms with Crippen LogP contribution in [0.1, 0.15) is 37.4 Å². The number of hydrogen-bond donors (Lipinski definition) is 1. The molecule has 1 N–H and O–H groups in total. The normalized spacial score (nSPS) is 21.8. The number of rotatable bonds is 6. The number of sulfonamides is 1. The minimum atomic E-state index is -3.15. The van der Waals surface area contributed by atoms with Gasteiger partial charge in [0.15, 0.2) is 0 Å². The Hall–Kier alpha value is -1.38. The number of carbonyl (C=O) groups excluding carboxylic acids is 1. The number of likely N-dealkylation sites (tertiary alicyclic amines) is 1. The van der Waals surface area contributed by atoms with Crippen molar-refractivity contribution in [2.75, 3.05) is 39.0 Å². The maximum Gasteiger partial charge on any atom is 0.223 e. The lowest BCUT2D eigenvalue weighted by Crippen LogP contribution is -2.44. The molecule has 3 heterocycles. The average Bonchev–Trinajstić information content (AvgIpc) is 3.27. The number of nitrogens with zero attached hydrogens (tertiary/aromatic N) is 3. The second kappa shape index (κ2) is 8.10. The summed E-state index contributed by atoms with van der Waals surface area (Å²) in [5.74, 6) is -0.0443. The summed E-state index contributed by atoms with van der Waals surface area (Å²) in [7, 11) is -1.11. The minimum absolute atomic E-state index is 0.0524. The first kappa shape index (κ1) is 19.4. The minimum Gasteiger partial charge on any atom is -0.354 e. The summed E-state index contributed by atoms with van der Waals surface area (Å²) in [5.41, 5.74) is 1.22. The first-order chi connectivity index (χ1) is 12.4. The van der Waals surface area contributed by atoms with E-state index in [1.54, 1.807) is 0 Å². The van der Waals surface area contributed by atoms with Crippen LogP contribution in [0.25, 0.3) is 0 Å². The first-order valence-electron chi connectivity index (χ1n) is 9.44. The Labute approximate surface area is 156 Å². The van der Waals surface area contributed by atoms with Crippen LogP contribution in [0.3, 0.4) is 0 Å². The number of aromatic nitrogens is 1. The molecule has 1 aromatic heterocycles. The van der Waals surface area contributed by atoms with Gasteiger partial charge in [0.2, 0.25) is 15.9 Å². The van der Waals surface area contributed by atoms with Crippen LogP contribution in [0, 0.1) is 5.92 Å². The molecule has 0 bridgehead atoms. The standard InChI is InChI=1S/C18H30N4O3S/c1-20-9-5-6-16(20)17(21-10-3-4-11-21)14-19-18(23)15-7-12-22(13-8-15)26(2,24)25/h5-6,9,15,17H,3-4,7-8,10-14H2,1-2H3,(H,19,23)/t17-/m0/s1. The Morgan fingerprint density at radius 2 is 1.88 bits per heavy atom. The van der Waals surface area contributed by atoms with Crippen molar-refractivity contribution < 1.29 is 13.2 Å². The number of hydrogen-bond acceptors (Lipinski definition) is 4. The zero-order valence-electron chi connectivity index (χ0n) is 15.7. The molecule has 0 radical (unpaired) electrons. The van der Waals surface area contributed by atoms with Crippen LogP contribution in [-0.2, 0) is 21.9 Å². The van der Waals surface area contributed by atoms with Crippen molar-refractivity contribution in [3.8, 4) is 0 Å². The third kappa shape index (κ3) is 4.47. The fourth-order valence-corrected chi connectivity index (χ4v) is 4.96. The molecule has 26 heavy (non-hydrogen) atoms. The van der Waals surface area contributed by atoms with Crippen molar-refractivity contribution in [3.05, 3.63) is 24.0 Å². The molecular formula is C18H30N4O3S. The summed E-state index contributed by atoms with van der Waals surface area (Å²) in [6.07, 6.45) is 6.88. The maximum atomic E-state index is 12.6. The van der Waals surface area contributed by atoms with Gasteiger partial charge in [0.05, 0.1) is 12.3 Å². The second-order valence-corrected chi connectivity index (χ2v) is 9.47. The van der Waals surface area contributed by atoms with Crippen LogP contribution in [0.5, 0.6) is 0 Å². The van der Waals surface area contributed by atoms with E-state index < -0.39 is 10.0 Å². The number of carbonyl (C=O) groups is 1. The molecule has 2 aliphatic heterocycles. The Morgan fingerprint density at radius 1 is 1.23 bits per heavy atom. The number of aryl methyl sites for hydroxylation is 1. The molecule has 2 saturated heterocycles. The van der Waals surface area contributed by atoms with E-state index in [0.29, 0.717) is 32.5 Å². The van der Waals surface area contributed by atoms with Crippen LogP contribution in [-0.4, -0.2) is 67.1 Å². The molecule has 1 amide bonds. The van der Waals surface area contributed by atoms with Crippen molar-refractivity contribution in [1.82, 2.24) is 19.1 Å². The van der Waals surface area contributed by atoms with Crippen molar-refractivity contribution in [3.63, 3.8) is 0 Å². The predicted molar refractivity (Wildman–Crippen MR) is 101 cm³/mol. The van der Waals surface area contributed by atoms with Gasteiger partial charge in [-0.3, -0.25) is 9.69 Å². The largest absolute Gasteiger partial charge is 0.354 e. The van der Waals surface area contributed by atoms with Crippen molar-refractivity contribution in [1.29, 1.82) is 0 Å². The Morgan fingerprint density at radius 3 is 2.42 bits per heavy atom. The van der Waals surface area contributed by atoms with Gasteiger partial charge in [-0.25, -0.2) is 12.7 Å². The third-order valence-corrected chi connectivity index (χ3v) is 6.97. The van der Waals surface area contributed by atoms with Crippen LogP contribution >= 0.6 is 0 Å². The van der Waals surface area contributed by atoms with Gasteiger partial charge in [-0.15, -0.1) is 0 Å². The monoisotopic (exact) mass is 382 g/mol. The highest BCUT2D eigenvalue weighted by Gasteiger charge is 2.30. The van der Waals surface area contributed by atoms with Gasteiger partial charge in [0.25, 0.3) is 0 Å². The smallest absolute Gasteiger partial charge is 0.223 e. The van der Waals surface area contributed by atoms with Crippen molar-refractivity contribution in [2.24, 2.45) is 13.0 Å². The molecule has 0 unspecified atom stereocenters. The molecular weight excluding hydrogens is 352 g/mol. The molecule has 2 fully saturated rings. The van der Waals surface area contributed by atoms with Gasteiger partial charge < -0.3 is 9.88 Å². The summed E-state index contributed by atoms with van der Waals surface area (Å²) in [6.45, 7) is 3.61. The first-order valence-corrected chi connectivity index (χ1v) is 11.3. The highest BCUT2D eigenvalue weighted by atomic mass is 32.2. The second-order valence-electron chi connectivity index (χ2n) is 7.48. The Kier molecular flexibility index (Phi) is 6.04. The van der Waals surface area contributed by atoms with E-state index in [9.17, 15) is 13.2 Å². The summed E-state index contributed by atoms with van der Waals surface area (Å²) >= 11 is 0. The van der Waals surface area contributed by atoms with Crippen LogP contribution in [0.4, 0.5) is 0 Å². The molecule has 1 aromatic rings. The van der Waals surface area contributed by atoms with Gasteiger partial charge in [0, 0.05) is 44.5 Å². The lowest BCUT2D eigenvalue weighted by atomic mass is 9.97. The molecule has 146 valence electrons. The van der Waals surface area contributed by atoms with Crippen molar-refractivity contribution in [2.45, 2.75) is 31.7 Å². The van der Waals surface area contributed by atoms with Gasteiger partial charge in [-0.2, -0.15) is 0 Å². The fraction of sp³-hybridized carbons (Fsp3) is 0.722. The molecule has 3 rings (SSSR count). The van der Waals surface area contributed by atoms with Crippen LogP contribution in [0.2, 0.25) is 0 Å². The Bertz CT molecular complexity index is 717. The van der Waals surface area contributed by atoms with Gasteiger partial charge in [-0.1, -0.05) is 0 Å². The van der Waals surface area contributed by atoms with Gasteiger partial charge in [-0.05, 0) is 50.9 Å². The molecule has 1 atom stereocenters. The molecule has 7 nitrogen and oxygen atoms in total. The summed E-state index contributed by atoms with van der Waals surface area (Å²) < 4.78 is 26.8. The summed E-state index contributed by atoms with van der Waals surface area (Å²) in [6, 6.07) is 4.36. The quantitative estimate of drug-likeness (QED) is 0.795. The maximum absolute atomic E-state index is 12.6. The van der Waals surface area contributed by atoms with E-state index in [1.807, 2.05) is 19.3 Å². The highest BCUT2D eigenvalue weighted by molar-refractivity contribution is 7.88. The zero-order chi connectivity index (χ0) is 18.7. The number of piperidine rings is 1. The van der Waals surface area contributed by atoms with E-state index in [1.165, 1.54) is 29.1 Å². The molecule has 2 aliphatic rings. The lowest BCUT2D eigenvalue weighted by Gasteiger charge is -2.31. The average molecular weight is 383 g/mol. The molecule has 8 heteroatoms. The van der Waals surface area contributed by atoms with E-state index in [-0.39, 0.29) is 17.9 Å². The summed E-state index contributed by atoms with van der Waals surface area (Å²) in [5, 5.41) is 3.14. The van der Waals surface area contributed by atoms with Crippen LogP contribution in [0.15, 0.2) is 18.3 Å². The fourth-order valence-electron chi connectivity index (χ4n) is 4.09. The van der Waals surface area contributed by atoms with Crippen LogP contribution < -0.4 is 5.32 Å². The zero-order valence-corrected chi connectivity index (χ0v) is 16.5. The number of nitrogens with one attached hydrogen (secondary N) is 1. The molecule has 0 aliphatic carbocycles. The molecule has 0 saturated carbocycles.